The standard InChI is InChI=1S/C28H33N5O3S2/c1-18-15-19(2)24(16-23(18)27(36)32-13-11-31(12-14-32)20(3)34)37-25-17-29-28(38-25)30-26(35)21-7-9-22(10-8-21)33(4,5)6/h7-10,15-17H,11-14H2,1-6H3/p+1. The number of carbonyl (C=O) groups is 3. The number of amides is 3. The zero-order valence-electron chi connectivity index (χ0n) is 22.7. The number of nitrogens with one attached hydrogen (secondary N) is 1. The van der Waals surface area contributed by atoms with Gasteiger partial charge in [0.25, 0.3) is 11.8 Å². The van der Waals surface area contributed by atoms with Crippen molar-refractivity contribution >= 4 is 51.6 Å². The fourth-order valence-corrected chi connectivity index (χ4v) is 6.21. The summed E-state index contributed by atoms with van der Waals surface area (Å²) in [7, 11) is 6.24. The van der Waals surface area contributed by atoms with Crippen LogP contribution in [-0.2, 0) is 4.79 Å². The number of anilines is 1. The number of aryl methyl sites for hydroxylation is 2. The Morgan fingerprint density at radius 3 is 2.18 bits per heavy atom. The van der Waals surface area contributed by atoms with Crippen LogP contribution in [0.1, 0.15) is 38.8 Å². The third-order valence-corrected chi connectivity index (χ3v) is 8.76. The normalized spacial score (nSPS) is 13.9. The van der Waals surface area contributed by atoms with Crippen molar-refractivity contribution in [3.05, 3.63) is 64.8 Å². The van der Waals surface area contributed by atoms with Gasteiger partial charge < -0.3 is 9.80 Å². The molecular weight excluding hydrogens is 518 g/mol. The molecule has 0 atom stereocenters. The Morgan fingerprint density at radius 1 is 0.947 bits per heavy atom. The van der Waals surface area contributed by atoms with E-state index in [0.29, 0.717) is 46.9 Å². The van der Waals surface area contributed by atoms with Gasteiger partial charge in [-0.1, -0.05) is 29.2 Å². The van der Waals surface area contributed by atoms with E-state index in [4.69, 9.17) is 0 Å². The van der Waals surface area contributed by atoms with Crippen LogP contribution >= 0.6 is 23.1 Å². The number of hydrogen-bond donors (Lipinski definition) is 1. The molecule has 0 saturated carbocycles. The largest absolute Gasteiger partial charge is 0.339 e. The molecular formula is C28H34N5O3S2+. The van der Waals surface area contributed by atoms with Crippen LogP contribution < -0.4 is 9.80 Å². The summed E-state index contributed by atoms with van der Waals surface area (Å²) in [6.45, 7) is 7.72. The maximum atomic E-state index is 13.3. The minimum Gasteiger partial charge on any atom is -0.339 e. The van der Waals surface area contributed by atoms with E-state index in [2.05, 4.69) is 31.4 Å². The summed E-state index contributed by atoms with van der Waals surface area (Å²) >= 11 is 2.93. The van der Waals surface area contributed by atoms with Gasteiger partial charge in [0.15, 0.2) is 5.13 Å². The molecule has 1 fully saturated rings. The van der Waals surface area contributed by atoms with Crippen molar-refractivity contribution in [1.82, 2.24) is 19.3 Å². The summed E-state index contributed by atoms with van der Waals surface area (Å²) in [4.78, 5) is 46.6. The van der Waals surface area contributed by atoms with E-state index in [9.17, 15) is 14.4 Å². The number of thiazole rings is 1. The van der Waals surface area contributed by atoms with E-state index < -0.39 is 0 Å². The van der Waals surface area contributed by atoms with E-state index in [1.54, 1.807) is 18.0 Å². The van der Waals surface area contributed by atoms with Gasteiger partial charge in [0, 0.05) is 49.1 Å². The first kappa shape index (κ1) is 27.8. The van der Waals surface area contributed by atoms with Crippen molar-refractivity contribution in [1.29, 1.82) is 0 Å². The Labute approximate surface area is 232 Å². The molecule has 3 amide bonds. The molecule has 0 unspecified atom stereocenters. The van der Waals surface area contributed by atoms with Crippen LogP contribution in [0.5, 0.6) is 0 Å². The van der Waals surface area contributed by atoms with Gasteiger partial charge in [0.1, 0.15) is 5.69 Å². The van der Waals surface area contributed by atoms with Gasteiger partial charge >= 0.3 is 0 Å². The van der Waals surface area contributed by atoms with Crippen molar-refractivity contribution in [2.75, 3.05) is 52.6 Å². The maximum absolute atomic E-state index is 13.3. The van der Waals surface area contributed by atoms with Crippen LogP contribution in [0.3, 0.4) is 0 Å². The highest BCUT2D eigenvalue weighted by atomic mass is 32.2. The second-order valence-corrected chi connectivity index (χ2v) is 12.7. The molecule has 1 saturated heterocycles. The molecule has 2 aromatic carbocycles. The quantitative estimate of drug-likeness (QED) is 0.450. The summed E-state index contributed by atoms with van der Waals surface area (Å²) in [5.74, 6) is -0.172. The maximum Gasteiger partial charge on any atom is 0.257 e. The molecule has 1 aromatic heterocycles. The summed E-state index contributed by atoms with van der Waals surface area (Å²) in [5.41, 5.74) is 4.36. The predicted molar refractivity (Wildman–Crippen MR) is 154 cm³/mol. The molecule has 3 aromatic rings. The summed E-state index contributed by atoms with van der Waals surface area (Å²) in [6, 6.07) is 11.5. The number of aromatic nitrogens is 1. The van der Waals surface area contributed by atoms with Crippen molar-refractivity contribution < 1.29 is 14.4 Å². The minimum absolute atomic E-state index is 0.0129. The predicted octanol–water partition coefficient (Wildman–Crippen LogP) is 4.66. The molecule has 200 valence electrons. The van der Waals surface area contributed by atoms with Crippen LogP contribution in [0.15, 0.2) is 51.7 Å². The van der Waals surface area contributed by atoms with Crippen LogP contribution in [0, 0.1) is 13.8 Å². The average Bonchev–Trinajstić information content (AvgIpc) is 3.31. The van der Waals surface area contributed by atoms with Gasteiger partial charge in [-0.15, -0.1) is 0 Å². The summed E-state index contributed by atoms with van der Waals surface area (Å²) < 4.78 is 1.60. The molecule has 1 N–H and O–H groups in total. The van der Waals surface area contributed by atoms with Gasteiger partial charge in [-0.25, -0.2) is 4.98 Å². The fourth-order valence-electron chi connectivity index (χ4n) is 4.27. The van der Waals surface area contributed by atoms with E-state index >= 15 is 0 Å². The SMILES string of the molecule is CC(=O)N1CCN(C(=O)c2cc(Sc3cnc(NC(=O)c4ccc([N+](C)(C)C)cc4)s3)c(C)cc2C)CC1. The minimum atomic E-state index is -0.201. The molecule has 1 aliphatic heterocycles. The number of piperazine rings is 1. The van der Waals surface area contributed by atoms with Crippen LogP contribution in [0.25, 0.3) is 0 Å². The Kier molecular flexibility index (Phi) is 8.25. The smallest absolute Gasteiger partial charge is 0.257 e. The number of quaternary nitrogens is 1. The Bertz CT molecular complexity index is 1350. The molecule has 1 aliphatic rings. The lowest BCUT2D eigenvalue weighted by Crippen LogP contribution is -2.50. The fraction of sp³-hybridized carbons (Fsp3) is 0.357. The third kappa shape index (κ3) is 6.43. The number of rotatable bonds is 6. The Morgan fingerprint density at radius 2 is 1.58 bits per heavy atom. The topological polar surface area (TPSA) is 82.6 Å². The first-order valence-electron chi connectivity index (χ1n) is 12.5. The first-order chi connectivity index (χ1) is 17.9. The first-order valence-corrected chi connectivity index (χ1v) is 14.1. The van der Waals surface area contributed by atoms with Gasteiger partial charge in [-0.2, -0.15) is 0 Å². The zero-order valence-corrected chi connectivity index (χ0v) is 24.3. The molecule has 8 nitrogen and oxygen atoms in total. The van der Waals surface area contributed by atoms with Crippen LogP contribution in [-0.4, -0.2) is 79.8 Å². The summed E-state index contributed by atoms with van der Waals surface area (Å²) in [6.07, 6.45) is 1.74. The number of carbonyl (C=O) groups excluding carboxylic acids is 3. The zero-order chi connectivity index (χ0) is 27.6. The Hall–Kier alpha value is -3.21. The molecule has 0 bridgehead atoms. The molecule has 0 aliphatic carbocycles. The number of hydrogen-bond acceptors (Lipinski definition) is 6. The molecule has 0 spiro atoms. The second-order valence-electron chi connectivity index (χ2n) is 10.3. The third-order valence-electron chi connectivity index (χ3n) is 6.58. The van der Waals surface area contributed by atoms with Gasteiger partial charge in [0.05, 0.1) is 31.5 Å². The molecule has 2 heterocycles. The number of nitrogens with zero attached hydrogens (tertiary/aromatic N) is 4. The molecule has 38 heavy (non-hydrogen) atoms. The summed E-state index contributed by atoms with van der Waals surface area (Å²) in [5, 5.41) is 3.42. The lowest BCUT2D eigenvalue weighted by Gasteiger charge is -2.34. The van der Waals surface area contributed by atoms with Crippen molar-refractivity contribution in [2.24, 2.45) is 0 Å². The lowest BCUT2D eigenvalue weighted by atomic mass is 10.0. The van der Waals surface area contributed by atoms with E-state index in [1.165, 1.54) is 23.1 Å². The molecule has 10 heteroatoms. The van der Waals surface area contributed by atoms with Crippen molar-refractivity contribution in [3.63, 3.8) is 0 Å². The number of benzene rings is 2. The van der Waals surface area contributed by atoms with E-state index in [1.807, 2.05) is 55.1 Å². The van der Waals surface area contributed by atoms with E-state index in [0.717, 1.165) is 25.9 Å². The van der Waals surface area contributed by atoms with Crippen molar-refractivity contribution in [2.45, 2.75) is 29.9 Å². The highest BCUT2D eigenvalue weighted by molar-refractivity contribution is 8.01. The van der Waals surface area contributed by atoms with Gasteiger partial charge in [-0.3, -0.25) is 24.2 Å². The Balaban J connectivity index is 1.43. The highest BCUT2D eigenvalue weighted by Gasteiger charge is 2.25. The van der Waals surface area contributed by atoms with Crippen molar-refractivity contribution in [3.8, 4) is 0 Å². The monoisotopic (exact) mass is 552 g/mol. The second kappa shape index (κ2) is 11.3. The van der Waals surface area contributed by atoms with E-state index in [-0.39, 0.29) is 17.7 Å². The molecule has 4 rings (SSSR count). The van der Waals surface area contributed by atoms with Crippen LogP contribution in [0.4, 0.5) is 10.8 Å². The average molecular weight is 553 g/mol. The van der Waals surface area contributed by atoms with Crippen LogP contribution in [0.2, 0.25) is 0 Å². The van der Waals surface area contributed by atoms with Gasteiger partial charge in [0.2, 0.25) is 5.91 Å². The van der Waals surface area contributed by atoms with Gasteiger partial charge in [-0.05, 0) is 55.3 Å². The lowest BCUT2D eigenvalue weighted by molar-refractivity contribution is -0.130. The highest BCUT2D eigenvalue weighted by Crippen LogP contribution is 2.37. The molecule has 0 radical (unpaired) electrons.